The highest BCUT2D eigenvalue weighted by molar-refractivity contribution is 7.07. The van der Waals surface area contributed by atoms with E-state index >= 15 is 0 Å². The van der Waals surface area contributed by atoms with Crippen molar-refractivity contribution in [3.8, 4) is 0 Å². The maximum atomic E-state index is 14.2. The van der Waals surface area contributed by atoms with Gasteiger partial charge in [0.1, 0.15) is 0 Å². The number of nitrogens with one attached hydrogen (secondary N) is 1. The lowest BCUT2D eigenvalue weighted by atomic mass is 9.65. The molecule has 1 saturated heterocycles. The summed E-state index contributed by atoms with van der Waals surface area (Å²) >= 11 is 1.46. The second kappa shape index (κ2) is 7.73. The number of hydrogen-bond acceptors (Lipinski definition) is 7. The number of thiazole rings is 1. The summed E-state index contributed by atoms with van der Waals surface area (Å²) in [5, 5.41) is 25.9. The quantitative estimate of drug-likeness (QED) is 0.702. The maximum Gasteiger partial charge on any atom is 0.224 e. The van der Waals surface area contributed by atoms with E-state index in [-0.39, 0.29) is 23.6 Å². The van der Waals surface area contributed by atoms with Crippen molar-refractivity contribution in [3.63, 3.8) is 0 Å². The van der Waals surface area contributed by atoms with E-state index in [1.165, 1.54) is 29.7 Å². The largest absolute Gasteiger partial charge is 0.390 e. The molecule has 1 amide bonds. The van der Waals surface area contributed by atoms with Crippen LogP contribution in [0.4, 0.5) is 10.2 Å². The molecule has 2 fully saturated rings. The van der Waals surface area contributed by atoms with Gasteiger partial charge in [-0.05, 0) is 24.0 Å². The first-order valence-corrected chi connectivity index (χ1v) is 10.3. The van der Waals surface area contributed by atoms with Gasteiger partial charge in [0.25, 0.3) is 0 Å². The number of amides is 1. The van der Waals surface area contributed by atoms with Crippen LogP contribution in [0.3, 0.4) is 0 Å². The Bertz CT molecular complexity index is 836. The third-order valence-corrected chi connectivity index (χ3v) is 6.67. The molecule has 6 atom stereocenters. The van der Waals surface area contributed by atoms with Gasteiger partial charge in [0.15, 0.2) is 11.6 Å². The van der Waals surface area contributed by atoms with E-state index in [2.05, 4.69) is 15.3 Å². The third-order valence-electron chi connectivity index (χ3n) is 6.04. The molecule has 0 aromatic carbocycles. The highest BCUT2D eigenvalue weighted by Crippen LogP contribution is 2.44. The summed E-state index contributed by atoms with van der Waals surface area (Å²) in [5.41, 5.74) is 2.49. The van der Waals surface area contributed by atoms with E-state index in [1.807, 2.05) is 5.38 Å². The Hall–Kier alpha value is -2.10. The minimum absolute atomic E-state index is 0.176. The zero-order valence-corrected chi connectivity index (χ0v) is 16.2. The Morgan fingerprint density at radius 2 is 2.11 bits per heavy atom. The number of halogens is 1. The fourth-order valence-electron chi connectivity index (χ4n) is 4.60. The second-order valence-electron chi connectivity index (χ2n) is 7.61. The number of rotatable bonds is 4. The number of aliphatic hydroxyl groups excluding tert-OH is 2. The molecule has 9 heteroatoms. The predicted octanol–water partition coefficient (Wildman–Crippen LogP) is 1.03. The van der Waals surface area contributed by atoms with Crippen molar-refractivity contribution in [1.29, 1.82) is 0 Å². The predicted molar refractivity (Wildman–Crippen MR) is 102 cm³/mol. The first-order chi connectivity index (χ1) is 13.5. The maximum absolute atomic E-state index is 14.2. The van der Waals surface area contributed by atoms with Crippen molar-refractivity contribution in [2.75, 3.05) is 18.0 Å². The van der Waals surface area contributed by atoms with Crippen LogP contribution in [0.15, 0.2) is 29.2 Å². The Labute approximate surface area is 166 Å². The molecule has 2 aliphatic rings. The number of aromatic nitrogens is 2. The molecule has 3 heterocycles. The number of hydrogen-bond donors (Lipinski definition) is 3. The zero-order chi connectivity index (χ0) is 19.8. The smallest absolute Gasteiger partial charge is 0.224 e. The van der Waals surface area contributed by atoms with Crippen LogP contribution >= 0.6 is 11.3 Å². The van der Waals surface area contributed by atoms with Gasteiger partial charge in [-0.3, -0.25) is 4.79 Å². The lowest BCUT2D eigenvalue weighted by Crippen LogP contribution is -2.55. The summed E-state index contributed by atoms with van der Waals surface area (Å²) in [6, 6.07) is 2.87. The van der Waals surface area contributed by atoms with Crippen molar-refractivity contribution >= 4 is 23.1 Å². The minimum atomic E-state index is -1.01. The van der Waals surface area contributed by atoms with Crippen molar-refractivity contribution < 1.29 is 19.4 Å². The molecule has 2 aromatic rings. The van der Waals surface area contributed by atoms with Crippen LogP contribution in [-0.4, -0.2) is 51.4 Å². The zero-order valence-electron chi connectivity index (χ0n) is 15.4. The highest BCUT2D eigenvalue weighted by Gasteiger charge is 2.54. The summed E-state index contributed by atoms with van der Waals surface area (Å²) < 4.78 is 14.2. The van der Waals surface area contributed by atoms with Crippen molar-refractivity contribution in [2.45, 2.75) is 25.7 Å². The van der Waals surface area contributed by atoms with Crippen LogP contribution in [0.25, 0.3) is 0 Å². The molecule has 28 heavy (non-hydrogen) atoms. The Balaban J connectivity index is 1.55. The second-order valence-corrected chi connectivity index (χ2v) is 8.32. The van der Waals surface area contributed by atoms with Crippen LogP contribution in [-0.2, 0) is 11.3 Å². The fraction of sp³-hybridized carbons (Fsp3) is 0.526. The van der Waals surface area contributed by atoms with Crippen LogP contribution in [0, 0.1) is 29.5 Å². The number of anilines is 1. The number of nitrogens with zero attached hydrogens (tertiary/aromatic N) is 3. The van der Waals surface area contributed by atoms with Crippen LogP contribution in [0.2, 0.25) is 0 Å². The molecule has 0 bridgehead atoms. The van der Waals surface area contributed by atoms with E-state index in [0.717, 1.165) is 5.69 Å². The average Bonchev–Trinajstić information content (AvgIpc) is 3.35. The summed E-state index contributed by atoms with van der Waals surface area (Å²) in [7, 11) is 0. The molecule has 7 nitrogen and oxygen atoms in total. The van der Waals surface area contributed by atoms with E-state index in [0.29, 0.717) is 19.6 Å². The number of carbonyl (C=O) groups excluding carboxylic acids is 1. The van der Waals surface area contributed by atoms with E-state index in [9.17, 15) is 19.4 Å². The van der Waals surface area contributed by atoms with Gasteiger partial charge in [-0.1, -0.05) is 6.92 Å². The first kappa shape index (κ1) is 19.2. The lowest BCUT2D eigenvalue weighted by Gasteiger charge is -2.43. The van der Waals surface area contributed by atoms with Crippen molar-refractivity contribution in [1.82, 2.24) is 15.3 Å². The van der Waals surface area contributed by atoms with E-state index in [4.69, 9.17) is 0 Å². The van der Waals surface area contributed by atoms with Gasteiger partial charge in [0.05, 0.1) is 30.0 Å². The number of carbonyl (C=O) groups is 1. The minimum Gasteiger partial charge on any atom is -0.390 e. The van der Waals surface area contributed by atoms with Gasteiger partial charge in [-0.2, -0.15) is 0 Å². The topological polar surface area (TPSA) is 98.6 Å². The highest BCUT2D eigenvalue weighted by atomic mass is 32.1. The lowest BCUT2D eigenvalue weighted by molar-refractivity contribution is -0.146. The summed E-state index contributed by atoms with van der Waals surface area (Å²) in [6.07, 6.45) is -0.448. The molecule has 150 valence electrons. The molecule has 3 N–H and O–H groups in total. The molecule has 0 radical (unpaired) electrons. The van der Waals surface area contributed by atoms with Crippen LogP contribution < -0.4 is 10.2 Å². The van der Waals surface area contributed by atoms with Gasteiger partial charge >= 0.3 is 0 Å². The van der Waals surface area contributed by atoms with Crippen LogP contribution in [0.1, 0.15) is 12.6 Å². The van der Waals surface area contributed by atoms with E-state index in [1.54, 1.807) is 17.3 Å². The summed E-state index contributed by atoms with van der Waals surface area (Å²) in [4.78, 5) is 23.0. The molecule has 1 saturated carbocycles. The number of pyridine rings is 1. The van der Waals surface area contributed by atoms with Crippen LogP contribution in [0.5, 0.6) is 0 Å². The van der Waals surface area contributed by atoms with Gasteiger partial charge in [-0.25, -0.2) is 14.4 Å². The van der Waals surface area contributed by atoms with Crippen molar-refractivity contribution in [2.24, 2.45) is 23.7 Å². The van der Waals surface area contributed by atoms with Gasteiger partial charge < -0.3 is 20.4 Å². The van der Waals surface area contributed by atoms with Crippen molar-refractivity contribution in [3.05, 3.63) is 40.7 Å². The van der Waals surface area contributed by atoms with Gasteiger partial charge in [0, 0.05) is 36.5 Å². The van der Waals surface area contributed by atoms with Gasteiger partial charge in [0.2, 0.25) is 5.91 Å². The summed E-state index contributed by atoms with van der Waals surface area (Å²) in [6.45, 7) is 2.85. The Morgan fingerprint density at radius 1 is 1.32 bits per heavy atom. The Morgan fingerprint density at radius 3 is 2.82 bits per heavy atom. The summed E-state index contributed by atoms with van der Waals surface area (Å²) in [5.74, 6) is -1.83. The first-order valence-electron chi connectivity index (χ1n) is 9.33. The molecule has 4 rings (SSSR count). The fourth-order valence-corrected chi connectivity index (χ4v) is 5.16. The molecular weight excluding hydrogens is 383 g/mol. The molecular formula is C19H23FN4O3S. The molecule has 1 aliphatic carbocycles. The molecule has 1 aliphatic heterocycles. The third kappa shape index (κ3) is 3.38. The molecule has 2 aromatic heterocycles. The number of aliphatic hydroxyl groups is 2. The molecule has 0 unspecified atom stereocenters. The van der Waals surface area contributed by atoms with Gasteiger partial charge in [-0.15, -0.1) is 11.3 Å². The normalized spacial score (nSPS) is 32.2. The average molecular weight is 406 g/mol. The number of fused-ring (bicyclic) bond motifs is 1. The standard InChI is InChI=1S/C19H23FN4O3S/c1-10-15(19(27)22-5-11-8-28-9-23-11)12-6-24(7-13(12)17(26)16(10)25)18-14(20)3-2-4-21-18/h2-4,8-10,12-13,15-17,25-26H,5-7H2,1H3,(H,22,27)/t10-,12+,13+,15+,16+,17+/m1/s1. The Kier molecular flexibility index (Phi) is 5.31. The SMILES string of the molecule is C[C@H]1[C@H](O)[C@@H](O)[C@H]2CN(c3ncccc3F)C[C@@H]2[C@H]1C(=O)NCc1cscn1. The molecule has 0 spiro atoms. The van der Waals surface area contributed by atoms with E-state index < -0.39 is 29.9 Å². The monoisotopic (exact) mass is 406 g/mol.